The lowest BCUT2D eigenvalue weighted by Gasteiger charge is -2.35. The number of para-hydroxylation sites is 2. The van der Waals surface area contributed by atoms with Crippen molar-refractivity contribution in [2.24, 2.45) is 0 Å². The zero-order chi connectivity index (χ0) is 38.7. The molecule has 274 valence electrons. The van der Waals surface area contributed by atoms with Crippen LogP contribution in [0.15, 0.2) is 211 Å². The van der Waals surface area contributed by atoms with Crippen molar-refractivity contribution in [3.63, 3.8) is 0 Å². The van der Waals surface area contributed by atoms with Crippen molar-refractivity contribution < 1.29 is 9.15 Å². The molecule has 1 aromatic heterocycles. The lowest BCUT2D eigenvalue weighted by Crippen LogP contribution is -2.29. The third-order valence-electron chi connectivity index (χ3n) is 12.9. The van der Waals surface area contributed by atoms with Gasteiger partial charge in [-0.1, -0.05) is 164 Å². The lowest BCUT2D eigenvalue weighted by atomic mass is 9.66. The molecule has 0 fully saturated rings. The van der Waals surface area contributed by atoms with Crippen molar-refractivity contribution in [1.82, 2.24) is 0 Å². The van der Waals surface area contributed by atoms with E-state index in [1.165, 1.54) is 77.4 Å². The maximum Gasteiger partial charge on any atom is 0.135 e. The van der Waals surface area contributed by atoms with Crippen molar-refractivity contribution in [3.05, 3.63) is 229 Å². The average molecular weight is 751 g/mol. The summed E-state index contributed by atoms with van der Waals surface area (Å²) in [6, 6.07) is 75.4. The van der Waals surface area contributed by atoms with E-state index < -0.39 is 5.41 Å². The summed E-state index contributed by atoms with van der Waals surface area (Å²) in [7, 11) is 0. The van der Waals surface area contributed by atoms with E-state index in [4.69, 9.17) is 9.15 Å². The number of benzene rings is 10. The minimum atomic E-state index is -0.625. The van der Waals surface area contributed by atoms with Gasteiger partial charge in [-0.25, -0.2) is 0 Å². The van der Waals surface area contributed by atoms with Gasteiger partial charge in [0.15, 0.2) is 0 Å². The number of rotatable bonds is 4. The first-order chi connectivity index (χ1) is 29.3. The summed E-state index contributed by atoms with van der Waals surface area (Å²) in [5, 5.41) is 7.06. The van der Waals surface area contributed by atoms with E-state index >= 15 is 0 Å². The Bertz CT molecular complexity index is 3480. The first kappa shape index (κ1) is 32.4. The van der Waals surface area contributed by atoms with Crippen LogP contribution in [0.4, 0.5) is 0 Å². The standard InChI is InChI=1S/C57H34O2/c1-3-15-38(16-4-1)57(39-17-5-2-6-18-39)49-34-37(40-29-31-53-54-44(40)22-13-23-45(54)42-20-9-11-24-50(42)59-53)26-28-46(49)55-47(32-35-14-7-8-19-41(35)56(55)57)36-27-30-52-48(33-36)43-21-10-12-25-51(43)58-52/h1-34H. The fourth-order valence-electron chi connectivity index (χ4n) is 10.5. The number of ether oxygens (including phenoxy) is 1. The molecule has 0 spiro atoms. The summed E-state index contributed by atoms with van der Waals surface area (Å²) in [6.07, 6.45) is 0. The quantitative estimate of drug-likeness (QED) is 0.179. The highest BCUT2D eigenvalue weighted by Gasteiger charge is 2.48. The second-order valence-electron chi connectivity index (χ2n) is 15.9. The molecule has 0 atom stereocenters. The summed E-state index contributed by atoms with van der Waals surface area (Å²) >= 11 is 0. The van der Waals surface area contributed by atoms with E-state index in [2.05, 4.69) is 194 Å². The summed E-state index contributed by atoms with van der Waals surface area (Å²) in [5.41, 5.74) is 15.8. The molecule has 0 amide bonds. The van der Waals surface area contributed by atoms with Gasteiger partial charge >= 0.3 is 0 Å². The van der Waals surface area contributed by atoms with Crippen molar-refractivity contribution in [2.75, 3.05) is 0 Å². The molecule has 0 unspecified atom stereocenters. The molecule has 11 aromatic rings. The summed E-state index contributed by atoms with van der Waals surface area (Å²) in [6.45, 7) is 0. The largest absolute Gasteiger partial charge is 0.456 e. The number of fused-ring (bicyclic) bond motifs is 10. The van der Waals surface area contributed by atoms with Crippen LogP contribution in [0.5, 0.6) is 11.5 Å². The highest BCUT2D eigenvalue weighted by Crippen LogP contribution is 2.61. The first-order valence-electron chi connectivity index (χ1n) is 20.3. The third kappa shape index (κ3) is 4.46. The minimum Gasteiger partial charge on any atom is -0.456 e. The molecule has 2 nitrogen and oxygen atoms in total. The van der Waals surface area contributed by atoms with Gasteiger partial charge in [-0.05, 0) is 120 Å². The number of hydrogen-bond donors (Lipinski definition) is 0. The molecular weight excluding hydrogens is 717 g/mol. The smallest absolute Gasteiger partial charge is 0.135 e. The molecular formula is C57H34O2. The fraction of sp³-hybridized carbons (Fsp3) is 0.0175. The zero-order valence-electron chi connectivity index (χ0n) is 31.9. The molecule has 2 aliphatic rings. The Labute approximate surface area is 341 Å². The SMILES string of the molecule is c1ccc(C2(c3ccccc3)c3cc(-c4ccc5c6c(cccc46)-c4ccccc4O5)ccc3-c3c(-c4ccc5oc6ccccc6c5c4)cc4ccccc4c32)cc1. The van der Waals surface area contributed by atoms with E-state index in [9.17, 15) is 0 Å². The first-order valence-corrected chi connectivity index (χ1v) is 20.3. The Morgan fingerprint density at radius 2 is 1.00 bits per heavy atom. The predicted octanol–water partition coefficient (Wildman–Crippen LogP) is 15.4. The van der Waals surface area contributed by atoms with E-state index in [1.807, 2.05) is 12.1 Å². The van der Waals surface area contributed by atoms with Crippen LogP contribution >= 0.6 is 0 Å². The molecule has 2 heterocycles. The maximum absolute atomic E-state index is 6.54. The second-order valence-corrected chi connectivity index (χ2v) is 15.9. The minimum absolute atomic E-state index is 0.625. The van der Waals surface area contributed by atoms with E-state index in [1.54, 1.807) is 0 Å². The zero-order valence-corrected chi connectivity index (χ0v) is 31.9. The van der Waals surface area contributed by atoms with Gasteiger partial charge in [0.05, 0.1) is 5.41 Å². The van der Waals surface area contributed by atoms with Crippen LogP contribution in [0.3, 0.4) is 0 Å². The fourth-order valence-corrected chi connectivity index (χ4v) is 10.5. The van der Waals surface area contributed by atoms with E-state index in [-0.39, 0.29) is 0 Å². The van der Waals surface area contributed by atoms with Gasteiger partial charge in [-0.2, -0.15) is 0 Å². The Balaban J connectivity index is 1.15. The monoisotopic (exact) mass is 750 g/mol. The molecule has 1 aliphatic heterocycles. The lowest BCUT2D eigenvalue weighted by molar-refractivity contribution is 0.487. The summed E-state index contributed by atoms with van der Waals surface area (Å²) < 4.78 is 12.9. The number of hydrogen-bond acceptors (Lipinski definition) is 2. The van der Waals surface area contributed by atoms with Crippen LogP contribution in [0.1, 0.15) is 22.3 Å². The van der Waals surface area contributed by atoms with Gasteiger partial charge in [-0.3, -0.25) is 0 Å². The average Bonchev–Trinajstić information content (AvgIpc) is 3.83. The van der Waals surface area contributed by atoms with Gasteiger partial charge in [0.25, 0.3) is 0 Å². The topological polar surface area (TPSA) is 22.4 Å². The molecule has 0 saturated carbocycles. The van der Waals surface area contributed by atoms with Crippen molar-refractivity contribution >= 4 is 43.5 Å². The van der Waals surface area contributed by atoms with Crippen LogP contribution in [-0.2, 0) is 5.41 Å². The van der Waals surface area contributed by atoms with Gasteiger partial charge in [0.1, 0.15) is 22.7 Å². The van der Waals surface area contributed by atoms with Crippen molar-refractivity contribution in [2.45, 2.75) is 5.41 Å². The van der Waals surface area contributed by atoms with Crippen LogP contribution in [0.2, 0.25) is 0 Å². The van der Waals surface area contributed by atoms with Crippen LogP contribution in [0.25, 0.3) is 88.0 Å². The molecule has 0 N–H and O–H groups in total. The van der Waals surface area contributed by atoms with Gasteiger partial charge in [0.2, 0.25) is 0 Å². The Hall–Kier alpha value is -7.68. The molecule has 2 heteroatoms. The second kappa shape index (κ2) is 12.2. The summed E-state index contributed by atoms with van der Waals surface area (Å²) in [5.74, 6) is 1.79. The maximum atomic E-state index is 6.54. The highest BCUT2D eigenvalue weighted by molar-refractivity contribution is 6.12. The molecule has 59 heavy (non-hydrogen) atoms. The van der Waals surface area contributed by atoms with Crippen molar-refractivity contribution in [1.29, 1.82) is 0 Å². The highest BCUT2D eigenvalue weighted by atomic mass is 16.5. The predicted molar refractivity (Wildman–Crippen MR) is 242 cm³/mol. The van der Waals surface area contributed by atoms with Crippen LogP contribution in [0, 0.1) is 0 Å². The van der Waals surface area contributed by atoms with Gasteiger partial charge in [-0.15, -0.1) is 0 Å². The van der Waals surface area contributed by atoms with E-state index in [0.717, 1.165) is 44.4 Å². The van der Waals surface area contributed by atoms with Crippen LogP contribution in [-0.4, -0.2) is 0 Å². The Morgan fingerprint density at radius 1 is 0.356 bits per heavy atom. The van der Waals surface area contributed by atoms with Crippen LogP contribution < -0.4 is 4.74 Å². The molecule has 10 aromatic carbocycles. The third-order valence-corrected chi connectivity index (χ3v) is 12.9. The van der Waals surface area contributed by atoms with Crippen molar-refractivity contribution in [3.8, 4) is 56.0 Å². The van der Waals surface area contributed by atoms with Gasteiger partial charge < -0.3 is 9.15 Å². The molecule has 0 saturated heterocycles. The number of furan rings is 1. The Morgan fingerprint density at radius 3 is 1.85 bits per heavy atom. The molecule has 13 rings (SSSR count). The van der Waals surface area contributed by atoms with E-state index in [0.29, 0.717) is 0 Å². The van der Waals surface area contributed by atoms with Gasteiger partial charge in [0, 0.05) is 21.7 Å². The Kier molecular flexibility index (Phi) is 6.68. The normalized spacial score (nSPS) is 13.4. The molecule has 0 radical (unpaired) electrons. The molecule has 0 bridgehead atoms. The summed E-state index contributed by atoms with van der Waals surface area (Å²) in [4.78, 5) is 0. The molecule has 1 aliphatic carbocycles.